The first kappa shape index (κ1) is 20.1. The van der Waals surface area contributed by atoms with Gasteiger partial charge >= 0.3 is 5.97 Å². The van der Waals surface area contributed by atoms with Crippen molar-refractivity contribution in [2.24, 2.45) is 5.92 Å². The molecule has 0 saturated heterocycles. The second-order valence-corrected chi connectivity index (χ2v) is 8.86. The van der Waals surface area contributed by atoms with Crippen molar-refractivity contribution in [3.05, 3.63) is 53.2 Å². The highest BCUT2D eigenvalue weighted by molar-refractivity contribution is 7.99. The topological polar surface area (TPSA) is 48.4 Å². The second kappa shape index (κ2) is 8.69. The number of aromatic nitrogens is 1. The van der Waals surface area contributed by atoms with E-state index in [0.29, 0.717) is 17.2 Å². The summed E-state index contributed by atoms with van der Waals surface area (Å²) < 4.78 is 39.3. The number of carbonyl (C=O) groups excluding carboxylic acids is 1. The molecule has 4 nitrogen and oxygen atoms in total. The maximum absolute atomic E-state index is 14.5. The quantitative estimate of drug-likeness (QED) is 0.574. The molecule has 2 aromatic rings. The van der Waals surface area contributed by atoms with Gasteiger partial charge in [-0.1, -0.05) is 18.9 Å². The lowest BCUT2D eigenvalue weighted by Crippen LogP contribution is -2.06. The van der Waals surface area contributed by atoms with Gasteiger partial charge in [-0.15, -0.1) is 11.8 Å². The van der Waals surface area contributed by atoms with Crippen LogP contribution in [0.3, 0.4) is 0 Å². The summed E-state index contributed by atoms with van der Waals surface area (Å²) in [5.74, 6) is -2.79. The largest absolute Gasteiger partial charge is 0.483 e. The van der Waals surface area contributed by atoms with Crippen molar-refractivity contribution < 1.29 is 23.0 Å². The Kier molecular flexibility index (Phi) is 6.04. The van der Waals surface area contributed by atoms with Gasteiger partial charge < -0.3 is 9.47 Å². The molecule has 29 heavy (non-hydrogen) atoms. The molecule has 0 N–H and O–H groups in total. The van der Waals surface area contributed by atoms with E-state index in [-0.39, 0.29) is 24.4 Å². The number of methoxy groups -OCH3 is 1. The number of benzene rings is 1. The molecule has 2 unspecified atom stereocenters. The molecule has 1 heterocycles. The van der Waals surface area contributed by atoms with E-state index in [2.05, 4.69) is 4.98 Å². The Morgan fingerprint density at radius 1 is 1.24 bits per heavy atom. The van der Waals surface area contributed by atoms with Crippen molar-refractivity contribution in [1.82, 2.24) is 4.98 Å². The monoisotopic (exact) mass is 419 g/mol. The van der Waals surface area contributed by atoms with Gasteiger partial charge in [0.25, 0.3) is 0 Å². The molecule has 2 aliphatic rings. The summed E-state index contributed by atoms with van der Waals surface area (Å²) in [6, 6.07) is 6.18. The Balaban J connectivity index is 1.45. The number of nitrogens with zero attached hydrogens (tertiary/aromatic N) is 1. The van der Waals surface area contributed by atoms with Crippen LogP contribution in [-0.4, -0.2) is 23.3 Å². The Morgan fingerprint density at radius 3 is 2.66 bits per heavy atom. The molecule has 0 radical (unpaired) electrons. The number of esters is 1. The third-order valence-electron chi connectivity index (χ3n) is 5.55. The van der Waals surface area contributed by atoms with Crippen LogP contribution in [-0.2, 0) is 16.1 Å². The van der Waals surface area contributed by atoms with E-state index < -0.39 is 17.4 Å². The maximum atomic E-state index is 14.5. The lowest BCUT2D eigenvalue weighted by atomic mass is 10.1. The fourth-order valence-electron chi connectivity index (χ4n) is 3.86. The first-order chi connectivity index (χ1) is 14.1. The van der Waals surface area contributed by atoms with Crippen molar-refractivity contribution in [1.29, 1.82) is 0 Å². The van der Waals surface area contributed by atoms with Crippen LogP contribution < -0.4 is 4.74 Å². The molecule has 7 heteroatoms. The normalized spacial score (nSPS) is 21.2. The van der Waals surface area contributed by atoms with E-state index in [9.17, 15) is 13.6 Å². The van der Waals surface area contributed by atoms with E-state index in [4.69, 9.17) is 9.47 Å². The third-order valence-corrected chi connectivity index (χ3v) is 6.94. The molecule has 0 spiro atoms. The minimum absolute atomic E-state index is 0.0459. The standard InChI is InChI=1S/C22H23F2NO3S/c1-27-22(26)17-11-16(17)14-9-18(23)20(19(24)10-14)28-12-13-5-4-8-25-21(13)29-15-6-2-3-7-15/h4-5,8-10,15-17H,2-3,6-7,11-12H2,1H3. The van der Waals surface area contributed by atoms with Gasteiger partial charge in [0.1, 0.15) is 11.6 Å². The predicted molar refractivity (Wildman–Crippen MR) is 106 cm³/mol. The Bertz CT molecular complexity index is 878. The third kappa shape index (κ3) is 4.55. The Labute approximate surface area is 173 Å². The van der Waals surface area contributed by atoms with Crippen LogP contribution in [0.15, 0.2) is 35.5 Å². The highest BCUT2D eigenvalue weighted by Crippen LogP contribution is 2.49. The number of hydrogen-bond donors (Lipinski definition) is 0. The van der Waals surface area contributed by atoms with Gasteiger partial charge in [0.2, 0.25) is 0 Å². The summed E-state index contributed by atoms with van der Waals surface area (Å²) >= 11 is 1.72. The van der Waals surface area contributed by atoms with Crippen LogP contribution >= 0.6 is 11.8 Å². The molecule has 2 aliphatic carbocycles. The maximum Gasteiger partial charge on any atom is 0.309 e. The van der Waals surface area contributed by atoms with Crippen LogP contribution in [0.1, 0.15) is 49.1 Å². The molecular weight excluding hydrogens is 396 g/mol. The molecule has 4 rings (SSSR count). The molecule has 2 saturated carbocycles. The van der Waals surface area contributed by atoms with Gasteiger partial charge in [-0.05, 0) is 48.9 Å². The van der Waals surface area contributed by atoms with E-state index in [0.717, 1.165) is 10.6 Å². The average Bonchev–Trinajstić information content (AvgIpc) is 3.36. The summed E-state index contributed by atoms with van der Waals surface area (Å²) in [4.78, 5) is 16.0. The van der Waals surface area contributed by atoms with Crippen LogP contribution in [0.4, 0.5) is 8.78 Å². The number of carbonyl (C=O) groups is 1. The Morgan fingerprint density at radius 2 is 1.97 bits per heavy atom. The number of ether oxygens (including phenoxy) is 2. The van der Waals surface area contributed by atoms with Gasteiger partial charge in [0.15, 0.2) is 17.4 Å². The number of halogens is 2. The molecule has 0 bridgehead atoms. The first-order valence-electron chi connectivity index (χ1n) is 9.87. The zero-order chi connectivity index (χ0) is 20.4. The molecular formula is C22H23F2NO3S. The van der Waals surface area contributed by atoms with Crippen molar-refractivity contribution in [3.63, 3.8) is 0 Å². The van der Waals surface area contributed by atoms with Crippen LogP contribution in [0, 0.1) is 17.6 Å². The molecule has 0 aliphatic heterocycles. The van der Waals surface area contributed by atoms with Gasteiger partial charge in [-0.2, -0.15) is 0 Å². The minimum Gasteiger partial charge on any atom is -0.483 e. The number of thioether (sulfide) groups is 1. The molecule has 2 fully saturated rings. The summed E-state index contributed by atoms with van der Waals surface area (Å²) in [7, 11) is 1.31. The van der Waals surface area contributed by atoms with Crippen LogP contribution in [0.2, 0.25) is 0 Å². The van der Waals surface area contributed by atoms with Gasteiger partial charge in [0, 0.05) is 17.0 Å². The second-order valence-electron chi connectivity index (χ2n) is 7.57. The van der Waals surface area contributed by atoms with E-state index >= 15 is 0 Å². The lowest BCUT2D eigenvalue weighted by molar-refractivity contribution is -0.142. The summed E-state index contributed by atoms with van der Waals surface area (Å²) in [5, 5.41) is 1.40. The minimum atomic E-state index is -0.760. The molecule has 2 atom stereocenters. The van der Waals surface area contributed by atoms with Gasteiger partial charge in [-0.25, -0.2) is 13.8 Å². The summed E-state index contributed by atoms with van der Waals surface area (Å²) in [6.07, 6.45) is 7.07. The fraction of sp³-hybridized carbons (Fsp3) is 0.455. The van der Waals surface area contributed by atoms with E-state index in [1.165, 1.54) is 44.9 Å². The average molecular weight is 419 g/mol. The van der Waals surface area contributed by atoms with E-state index in [1.54, 1.807) is 24.0 Å². The highest BCUT2D eigenvalue weighted by atomic mass is 32.2. The van der Waals surface area contributed by atoms with Crippen molar-refractivity contribution in [2.45, 2.75) is 54.9 Å². The first-order valence-corrected chi connectivity index (χ1v) is 10.7. The number of pyridine rings is 1. The van der Waals surface area contributed by atoms with Crippen LogP contribution in [0.25, 0.3) is 0 Å². The highest BCUT2D eigenvalue weighted by Gasteiger charge is 2.45. The van der Waals surface area contributed by atoms with Crippen LogP contribution in [0.5, 0.6) is 5.75 Å². The molecule has 1 aromatic heterocycles. The number of rotatable bonds is 7. The van der Waals surface area contributed by atoms with Crippen molar-refractivity contribution >= 4 is 17.7 Å². The zero-order valence-electron chi connectivity index (χ0n) is 16.2. The van der Waals surface area contributed by atoms with Crippen molar-refractivity contribution in [3.8, 4) is 5.75 Å². The molecule has 1 aromatic carbocycles. The van der Waals surface area contributed by atoms with Gasteiger partial charge in [-0.3, -0.25) is 4.79 Å². The predicted octanol–water partition coefficient (Wildman–Crippen LogP) is 5.25. The summed E-state index contributed by atoms with van der Waals surface area (Å²) in [6.45, 7) is 0.0459. The van der Waals surface area contributed by atoms with E-state index in [1.807, 2.05) is 6.07 Å². The number of hydrogen-bond acceptors (Lipinski definition) is 5. The smallest absolute Gasteiger partial charge is 0.309 e. The Hall–Kier alpha value is -2.15. The SMILES string of the molecule is COC(=O)C1CC1c1cc(F)c(OCc2cccnc2SC2CCCC2)c(F)c1. The molecule has 0 amide bonds. The summed E-state index contributed by atoms with van der Waals surface area (Å²) in [5.41, 5.74) is 1.28. The van der Waals surface area contributed by atoms with Crippen molar-refractivity contribution in [2.75, 3.05) is 7.11 Å². The lowest BCUT2D eigenvalue weighted by Gasteiger charge is -2.14. The fourth-order valence-corrected chi connectivity index (χ4v) is 5.15. The molecule has 154 valence electrons. The van der Waals surface area contributed by atoms with Gasteiger partial charge in [0.05, 0.1) is 13.0 Å². The zero-order valence-corrected chi connectivity index (χ0v) is 17.0.